The molecular formula is C22H26Cl2N6OS. The van der Waals surface area contributed by atoms with Crippen molar-refractivity contribution in [2.24, 2.45) is 0 Å². The van der Waals surface area contributed by atoms with Gasteiger partial charge in [-0.05, 0) is 62.6 Å². The van der Waals surface area contributed by atoms with E-state index < -0.39 is 0 Å². The number of nitrogens with zero attached hydrogens (tertiary/aromatic N) is 2. The van der Waals surface area contributed by atoms with Gasteiger partial charge in [-0.15, -0.1) is 12.4 Å². The number of hydrogen-bond acceptors (Lipinski definition) is 7. The zero-order chi connectivity index (χ0) is 21.8. The number of nitrogens with one attached hydrogen (secondary N) is 4. The molecule has 1 aromatic carbocycles. The lowest BCUT2D eigenvalue weighted by Crippen LogP contribution is -2.38. The number of aromatic nitrogens is 2. The normalized spacial score (nSPS) is 15.5. The third-order valence-electron chi connectivity index (χ3n) is 5.04. The van der Waals surface area contributed by atoms with Crippen molar-refractivity contribution in [3.8, 4) is 0 Å². The first-order valence-corrected chi connectivity index (χ1v) is 11.4. The maximum absolute atomic E-state index is 12.7. The quantitative estimate of drug-likeness (QED) is 0.368. The molecule has 0 bridgehead atoms. The van der Waals surface area contributed by atoms with Crippen LogP contribution in [0.3, 0.4) is 0 Å². The highest BCUT2D eigenvalue weighted by atomic mass is 35.5. The molecule has 4 N–H and O–H groups in total. The fraction of sp³-hybridized carbons (Fsp3) is 0.318. The van der Waals surface area contributed by atoms with Crippen LogP contribution in [-0.2, 0) is 0 Å². The number of halogens is 2. The number of aryl methyl sites for hydroxylation is 2. The van der Waals surface area contributed by atoms with Crippen molar-refractivity contribution in [1.82, 2.24) is 15.3 Å². The van der Waals surface area contributed by atoms with Crippen LogP contribution in [0.1, 0.15) is 33.6 Å². The number of carbonyl (C=O) groups is 1. The molecule has 7 nitrogen and oxygen atoms in total. The Kier molecular flexibility index (Phi) is 8.31. The summed E-state index contributed by atoms with van der Waals surface area (Å²) in [6, 6.07) is 9.87. The Bertz CT molecular complexity index is 1060. The number of para-hydroxylation sites is 1. The van der Waals surface area contributed by atoms with Crippen LogP contribution in [0.25, 0.3) is 0 Å². The molecule has 32 heavy (non-hydrogen) atoms. The molecule has 0 spiro atoms. The number of anilines is 4. The largest absolute Gasteiger partial charge is 0.366 e. The molecule has 10 heteroatoms. The van der Waals surface area contributed by atoms with E-state index in [9.17, 15) is 4.79 Å². The van der Waals surface area contributed by atoms with Crippen LogP contribution in [0.5, 0.6) is 0 Å². The van der Waals surface area contributed by atoms with Gasteiger partial charge in [-0.1, -0.05) is 35.1 Å². The molecule has 1 aliphatic rings. The number of amides is 1. The van der Waals surface area contributed by atoms with Crippen LogP contribution in [-0.4, -0.2) is 35.0 Å². The molecule has 1 saturated heterocycles. The van der Waals surface area contributed by atoms with Gasteiger partial charge in [0, 0.05) is 12.6 Å². The highest BCUT2D eigenvalue weighted by Crippen LogP contribution is 2.28. The van der Waals surface area contributed by atoms with E-state index in [1.165, 1.54) is 11.3 Å². The molecule has 0 unspecified atom stereocenters. The number of hydrogen-bond donors (Lipinski definition) is 4. The fourth-order valence-corrected chi connectivity index (χ4v) is 4.49. The van der Waals surface area contributed by atoms with E-state index in [0.717, 1.165) is 42.9 Å². The summed E-state index contributed by atoms with van der Waals surface area (Å²) < 4.78 is 0. The molecule has 0 saturated carbocycles. The molecule has 4 rings (SSSR count). The Morgan fingerprint density at radius 3 is 2.81 bits per heavy atom. The summed E-state index contributed by atoms with van der Waals surface area (Å²) >= 11 is 7.48. The maximum atomic E-state index is 12.7. The summed E-state index contributed by atoms with van der Waals surface area (Å²) in [5, 5.41) is 14.1. The van der Waals surface area contributed by atoms with Crippen molar-refractivity contribution in [1.29, 1.82) is 0 Å². The first-order valence-electron chi connectivity index (χ1n) is 10.2. The van der Waals surface area contributed by atoms with E-state index in [4.69, 9.17) is 11.6 Å². The van der Waals surface area contributed by atoms with E-state index in [-0.39, 0.29) is 18.3 Å². The van der Waals surface area contributed by atoms with Gasteiger partial charge in [0.25, 0.3) is 5.91 Å². The van der Waals surface area contributed by atoms with Gasteiger partial charge in [-0.25, -0.2) is 9.97 Å². The summed E-state index contributed by atoms with van der Waals surface area (Å²) in [5.41, 5.74) is 2.61. The molecule has 3 aromatic rings. The highest BCUT2D eigenvalue weighted by Gasteiger charge is 2.16. The second kappa shape index (κ2) is 11.0. The van der Waals surface area contributed by atoms with Gasteiger partial charge >= 0.3 is 0 Å². The molecule has 0 radical (unpaired) electrons. The van der Waals surface area contributed by atoms with E-state index >= 15 is 0 Å². The monoisotopic (exact) mass is 492 g/mol. The Labute approximate surface area is 202 Å². The standard InChI is InChI=1S/C22H25ClN6OS.ClH/c1-13-9-18(26-15-6-4-8-24-11-15)27-19(10-13)28-22-25-12-17(31-22)21(30)29-20-14(2)5-3-7-16(20)23;/h3,5,7,9-10,12,15,24H,4,6,8,11H2,1-2H3,(H,29,30)(H2,25,26,27,28);1H/t15-;/m0./s1. The van der Waals surface area contributed by atoms with Crippen LogP contribution >= 0.6 is 35.3 Å². The second-order valence-electron chi connectivity index (χ2n) is 7.64. The molecule has 1 atom stereocenters. The van der Waals surface area contributed by atoms with Crippen LogP contribution in [0, 0.1) is 13.8 Å². The molecule has 1 amide bonds. The highest BCUT2D eigenvalue weighted by molar-refractivity contribution is 7.17. The Morgan fingerprint density at radius 1 is 1.25 bits per heavy atom. The summed E-state index contributed by atoms with van der Waals surface area (Å²) in [4.78, 5) is 22.1. The lowest BCUT2D eigenvalue weighted by molar-refractivity contribution is 0.103. The van der Waals surface area contributed by atoms with E-state index in [1.807, 2.05) is 38.1 Å². The van der Waals surface area contributed by atoms with Crippen molar-refractivity contribution in [3.63, 3.8) is 0 Å². The van der Waals surface area contributed by atoms with Crippen molar-refractivity contribution in [2.45, 2.75) is 32.7 Å². The molecular weight excluding hydrogens is 467 g/mol. The summed E-state index contributed by atoms with van der Waals surface area (Å²) in [5.74, 6) is 1.28. The van der Waals surface area contributed by atoms with Crippen molar-refractivity contribution < 1.29 is 4.79 Å². The number of pyridine rings is 1. The number of carbonyl (C=O) groups excluding carboxylic acids is 1. The second-order valence-corrected chi connectivity index (χ2v) is 9.08. The SMILES string of the molecule is Cc1cc(Nc2ncc(C(=O)Nc3c(C)cccc3Cl)s2)nc(N[C@H]2CCCNC2)c1.Cl. The van der Waals surface area contributed by atoms with E-state index in [1.54, 1.807) is 12.3 Å². The number of benzene rings is 1. The predicted molar refractivity (Wildman–Crippen MR) is 135 cm³/mol. The maximum Gasteiger partial charge on any atom is 0.267 e. The lowest BCUT2D eigenvalue weighted by Gasteiger charge is -2.24. The number of piperidine rings is 1. The van der Waals surface area contributed by atoms with Gasteiger partial charge in [0.2, 0.25) is 0 Å². The first-order chi connectivity index (χ1) is 15.0. The Morgan fingerprint density at radius 2 is 2.06 bits per heavy atom. The predicted octanol–water partition coefficient (Wildman–Crippen LogP) is 5.39. The average molecular weight is 493 g/mol. The number of rotatable bonds is 6. The van der Waals surface area contributed by atoms with Gasteiger partial charge < -0.3 is 21.3 Å². The van der Waals surface area contributed by atoms with Crippen LogP contribution < -0.4 is 21.3 Å². The zero-order valence-corrected chi connectivity index (χ0v) is 20.3. The van der Waals surface area contributed by atoms with Crippen molar-refractivity contribution in [2.75, 3.05) is 29.0 Å². The summed E-state index contributed by atoms with van der Waals surface area (Å²) in [7, 11) is 0. The molecule has 2 aromatic heterocycles. The molecule has 0 aliphatic carbocycles. The third-order valence-corrected chi connectivity index (χ3v) is 6.27. The molecule has 1 fully saturated rings. The molecule has 1 aliphatic heterocycles. The molecule has 170 valence electrons. The fourth-order valence-electron chi connectivity index (χ4n) is 3.50. The van der Waals surface area contributed by atoms with Crippen LogP contribution in [0.2, 0.25) is 5.02 Å². The van der Waals surface area contributed by atoms with Gasteiger partial charge in [-0.3, -0.25) is 4.79 Å². The number of thiazole rings is 1. The summed E-state index contributed by atoms with van der Waals surface area (Å²) in [6.07, 6.45) is 3.84. The van der Waals surface area contributed by atoms with E-state index in [2.05, 4.69) is 31.2 Å². The minimum Gasteiger partial charge on any atom is -0.366 e. The van der Waals surface area contributed by atoms with Gasteiger partial charge in [0.15, 0.2) is 5.13 Å². The van der Waals surface area contributed by atoms with Crippen LogP contribution in [0.4, 0.5) is 22.5 Å². The minimum atomic E-state index is -0.244. The van der Waals surface area contributed by atoms with Gasteiger partial charge in [0.05, 0.1) is 16.9 Å². The smallest absolute Gasteiger partial charge is 0.267 e. The lowest BCUT2D eigenvalue weighted by atomic mass is 10.1. The van der Waals surface area contributed by atoms with Gasteiger partial charge in [-0.2, -0.15) is 0 Å². The average Bonchev–Trinajstić information content (AvgIpc) is 3.19. The molecule has 3 heterocycles. The van der Waals surface area contributed by atoms with Crippen LogP contribution in [0.15, 0.2) is 36.5 Å². The van der Waals surface area contributed by atoms with E-state index in [0.29, 0.717) is 32.6 Å². The summed E-state index contributed by atoms with van der Waals surface area (Å²) in [6.45, 7) is 5.94. The Balaban J connectivity index is 0.00000289. The third kappa shape index (κ3) is 6.10. The zero-order valence-electron chi connectivity index (χ0n) is 17.9. The van der Waals surface area contributed by atoms with Crippen molar-refractivity contribution in [3.05, 3.63) is 57.6 Å². The Hall–Kier alpha value is -2.39. The van der Waals surface area contributed by atoms with Gasteiger partial charge in [0.1, 0.15) is 16.5 Å². The minimum absolute atomic E-state index is 0. The van der Waals surface area contributed by atoms with Crippen molar-refractivity contribution >= 4 is 63.7 Å². The first kappa shape index (κ1) is 24.3. The topological polar surface area (TPSA) is 91.0 Å².